The van der Waals surface area contributed by atoms with Gasteiger partial charge < -0.3 is 37.2 Å². The molecule has 0 spiro atoms. The molecule has 1 saturated heterocycles. The lowest BCUT2D eigenvalue weighted by molar-refractivity contribution is -0.140. The van der Waals surface area contributed by atoms with Crippen LogP contribution in [0.2, 0.25) is 0 Å². The van der Waals surface area contributed by atoms with E-state index in [1.54, 1.807) is 38.1 Å². The van der Waals surface area contributed by atoms with Crippen LogP contribution >= 0.6 is 12.4 Å². The molecule has 1 aliphatic rings. The zero-order chi connectivity index (χ0) is 32.7. The Morgan fingerprint density at radius 3 is 2.07 bits per heavy atom. The van der Waals surface area contributed by atoms with Gasteiger partial charge >= 0.3 is 0 Å². The van der Waals surface area contributed by atoms with Crippen molar-refractivity contribution in [2.75, 3.05) is 6.54 Å². The molecule has 4 amide bonds. The normalized spacial score (nSPS) is 16.1. The summed E-state index contributed by atoms with van der Waals surface area (Å²) in [6.45, 7) is 3.94. The zero-order valence-electron chi connectivity index (χ0n) is 25.9. The summed E-state index contributed by atoms with van der Waals surface area (Å²) in [4.78, 5) is 54.7. The maximum atomic E-state index is 13.7. The van der Waals surface area contributed by atoms with Crippen molar-refractivity contribution in [3.8, 4) is 11.5 Å². The van der Waals surface area contributed by atoms with Crippen LogP contribution in [0.4, 0.5) is 0 Å². The fraction of sp³-hybridized carbons (Fsp3) is 0.353. The van der Waals surface area contributed by atoms with Crippen LogP contribution in [0.25, 0.3) is 0 Å². The van der Waals surface area contributed by atoms with Crippen LogP contribution in [0.15, 0.2) is 66.7 Å². The number of hydrogen-bond acceptors (Lipinski definition) is 7. The Balaban J connectivity index is 0.00000576. The van der Waals surface area contributed by atoms with Gasteiger partial charge in [0.05, 0.1) is 6.04 Å². The number of nitrogens with one attached hydrogen (secondary N) is 2. The lowest BCUT2D eigenvalue weighted by atomic mass is 9.95. The summed E-state index contributed by atoms with van der Waals surface area (Å²) in [5.41, 5.74) is 15.7. The predicted molar refractivity (Wildman–Crippen MR) is 176 cm³/mol. The maximum absolute atomic E-state index is 13.7. The minimum Gasteiger partial charge on any atom is -0.508 e. The number of rotatable bonds is 12. The molecule has 46 heavy (non-hydrogen) atoms. The third-order valence-corrected chi connectivity index (χ3v) is 8.21. The van der Waals surface area contributed by atoms with Crippen molar-refractivity contribution in [1.82, 2.24) is 15.5 Å². The molecule has 12 heteroatoms. The van der Waals surface area contributed by atoms with Crippen LogP contribution in [0.3, 0.4) is 0 Å². The highest BCUT2D eigenvalue weighted by Crippen LogP contribution is 2.24. The highest BCUT2D eigenvalue weighted by molar-refractivity contribution is 5.95. The Labute approximate surface area is 274 Å². The first-order chi connectivity index (χ1) is 21.4. The predicted octanol–water partition coefficient (Wildman–Crippen LogP) is 1.94. The van der Waals surface area contributed by atoms with Crippen molar-refractivity contribution >= 4 is 36.0 Å². The third kappa shape index (κ3) is 9.21. The molecule has 0 saturated carbocycles. The van der Waals surface area contributed by atoms with Crippen molar-refractivity contribution in [2.24, 2.45) is 11.5 Å². The number of nitrogens with zero attached hydrogens (tertiary/aromatic N) is 1. The van der Waals surface area contributed by atoms with Gasteiger partial charge in [0.1, 0.15) is 29.6 Å². The molecule has 0 radical (unpaired) electrons. The monoisotopic (exact) mass is 651 g/mol. The van der Waals surface area contributed by atoms with Gasteiger partial charge in [0.15, 0.2) is 0 Å². The molecule has 0 unspecified atom stereocenters. The minimum absolute atomic E-state index is 0. The largest absolute Gasteiger partial charge is 0.508 e. The molecule has 0 bridgehead atoms. The minimum atomic E-state index is -1.11. The third-order valence-electron chi connectivity index (χ3n) is 8.21. The van der Waals surface area contributed by atoms with Gasteiger partial charge in [-0.15, -0.1) is 12.4 Å². The fourth-order valence-electron chi connectivity index (χ4n) is 5.81. The number of halogens is 1. The summed E-state index contributed by atoms with van der Waals surface area (Å²) in [6.07, 6.45) is 1.46. The van der Waals surface area contributed by atoms with Gasteiger partial charge in [0, 0.05) is 19.4 Å². The van der Waals surface area contributed by atoms with Crippen LogP contribution in [0, 0.1) is 13.8 Å². The van der Waals surface area contributed by atoms with Gasteiger partial charge in [0.25, 0.3) is 0 Å². The van der Waals surface area contributed by atoms with E-state index < -0.39 is 41.9 Å². The molecule has 4 atom stereocenters. The SMILES string of the molecule is Cc1cc(O)cc(C)c1C[C@H](NC(=O)[C@@H]1CCCN1C(=O)[C@@H](N)Cc1ccc(O)cc1)C(=O)N[C@@H](Cc1ccccc1)C(N)=O.Cl. The second-order valence-electron chi connectivity index (χ2n) is 11.6. The molecule has 1 fully saturated rings. The van der Waals surface area contributed by atoms with Crippen molar-refractivity contribution in [1.29, 1.82) is 0 Å². The van der Waals surface area contributed by atoms with Crippen molar-refractivity contribution in [3.63, 3.8) is 0 Å². The lowest BCUT2D eigenvalue weighted by Crippen LogP contribution is -2.58. The van der Waals surface area contributed by atoms with Crippen LogP contribution < -0.4 is 22.1 Å². The van der Waals surface area contributed by atoms with E-state index in [-0.39, 0.29) is 49.1 Å². The number of hydrogen-bond donors (Lipinski definition) is 6. The quantitative estimate of drug-likeness (QED) is 0.173. The lowest BCUT2D eigenvalue weighted by Gasteiger charge is -2.29. The first-order valence-corrected chi connectivity index (χ1v) is 15.0. The summed E-state index contributed by atoms with van der Waals surface area (Å²) < 4.78 is 0. The molecule has 0 aliphatic carbocycles. The van der Waals surface area contributed by atoms with Crippen molar-refractivity contribution in [2.45, 2.75) is 70.1 Å². The number of nitrogens with two attached hydrogens (primary N) is 2. The number of phenols is 2. The molecule has 246 valence electrons. The number of carbonyl (C=O) groups excluding carboxylic acids is 4. The Hall–Kier alpha value is -4.61. The van der Waals surface area contributed by atoms with E-state index in [1.807, 2.05) is 30.3 Å². The van der Waals surface area contributed by atoms with Gasteiger partial charge in [-0.3, -0.25) is 19.2 Å². The molecule has 3 aromatic rings. The van der Waals surface area contributed by atoms with Crippen molar-refractivity contribution < 1.29 is 29.4 Å². The van der Waals surface area contributed by atoms with Crippen molar-refractivity contribution in [3.05, 3.63) is 94.5 Å². The summed E-state index contributed by atoms with van der Waals surface area (Å²) >= 11 is 0. The average Bonchev–Trinajstić information content (AvgIpc) is 3.49. The van der Waals surface area contributed by atoms with Crippen LogP contribution in [0.5, 0.6) is 11.5 Å². The number of aromatic hydroxyl groups is 2. The molecule has 1 aliphatic heterocycles. The van der Waals surface area contributed by atoms with Crippen LogP contribution in [-0.2, 0) is 38.4 Å². The number of amides is 4. The van der Waals surface area contributed by atoms with Crippen LogP contribution in [-0.4, -0.2) is 69.5 Å². The maximum Gasteiger partial charge on any atom is 0.243 e. The smallest absolute Gasteiger partial charge is 0.243 e. The Bertz CT molecular complexity index is 1510. The van der Waals surface area contributed by atoms with Gasteiger partial charge in [0.2, 0.25) is 23.6 Å². The summed E-state index contributed by atoms with van der Waals surface area (Å²) in [5.74, 6) is -2.03. The second-order valence-corrected chi connectivity index (χ2v) is 11.6. The van der Waals surface area contributed by atoms with E-state index in [1.165, 1.54) is 17.0 Å². The number of carbonyl (C=O) groups is 4. The number of likely N-dealkylation sites (tertiary alicyclic amines) is 1. The number of benzene rings is 3. The molecule has 3 aromatic carbocycles. The Morgan fingerprint density at radius 2 is 1.46 bits per heavy atom. The number of phenolic OH excluding ortho intramolecular Hbond substituents is 2. The van der Waals surface area contributed by atoms with E-state index >= 15 is 0 Å². The standard InChI is InChI=1S/C34H41N5O6.ClH/c1-20-15-25(41)16-21(2)26(20)19-29(32(43)37-28(31(36)42)18-22-7-4-3-5-8-22)38-33(44)30-9-6-14-39(30)34(45)27(35)17-23-10-12-24(40)13-11-23;/h3-5,7-8,10-13,15-16,27-30,40-41H,6,9,14,17-19,35H2,1-2H3,(H2,36,42)(H,37,43)(H,38,44);1H/t27-,28-,29-,30-;/m0./s1. The van der Waals surface area contributed by atoms with Gasteiger partial charge in [-0.1, -0.05) is 42.5 Å². The molecule has 8 N–H and O–H groups in total. The Morgan fingerprint density at radius 1 is 0.848 bits per heavy atom. The second kappa shape index (κ2) is 16.1. The first-order valence-electron chi connectivity index (χ1n) is 15.0. The van der Waals surface area contributed by atoms with Gasteiger partial charge in [-0.25, -0.2) is 0 Å². The van der Waals surface area contributed by atoms with E-state index in [0.717, 1.165) is 27.8 Å². The Kier molecular flexibility index (Phi) is 12.6. The number of primary amides is 1. The van der Waals surface area contributed by atoms with Crippen LogP contribution in [0.1, 0.15) is 40.7 Å². The van der Waals surface area contributed by atoms with Gasteiger partial charge in [-0.2, -0.15) is 0 Å². The van der Waals surface area contributed by atoms with E-state index in [9.17, 15) is 29.4 Å². The van der Waals surface area contributed by atoms with Gasteiger partial charge in [-0.05, 0) is 85.2 Å². The molecular weight excluding hydrogens is 610 g/mol. The summed E-state index contributed by atoms with van der Waals surface area (Å²) in [6, 6.07) is 14.8. The summed E-state index contributed by atoms with van der Waals surface area (Å²) in [5, 5.41) is 25.1. The van der Waals surface area contributed by atoms with E-state index in [2.05, 4.69) is 10.6 Å². The molecule has 1 heterocycles. The fourth-order valence-corrected chi connectivity index (χ4v) is 5.81. The first kappa shape index (κ1) is 35.9. The topological polar surface area (TPSA) is 188 Å². The summed E-state index contributed by atoms with van der Waals surface area (Å²) in [7, 11) is 0. The molecule has 11 nitrogen and oxygen atoms in total. The number of aryl methyl sites for hydroxylation is 2. The highest BCUT2D eigenvalue weighted by Gasteiger charge is 2.38. The molecule has 4 rings (SSSR count). The van der Waals surface area contributed by atoms with E-state index in [0.29, 0.717) is 19.4 Å². The molecular formula is C34H42ClN5O6. The average molecular weight is 652 g/mol. The van der Waals surface area contributed by atoms with E-state index in [4.69, 9.17) is 11.5 Å². The zero-order valence-corrected chi connectivity index (χ0v) is 26.8. The molecule has 0 aromatic heterocycles. The highest BCUT2D eigenvalue weighted by atomic mass is 35.5.